The monoisotopic (exact) mass is 768 g/mol. The highest BCUT2D eigenvalue weighted by Crippen LogP contribution is 2.43. The molecule has 1 aliphatic carbocycles. The van der Waals surface area contributed by atoms with E-state index in [1.165, 1.54) is 82.7 Å². The average Bonchev–Trinajstić information content (AvgIpc) is 4.00. The van der Waals surface area contributed by atoms with Gasteiger partial charge in [0.2, 0.25) is 5.69 Å². The fourth-order valence-corrected chi connectivity index (χ4v) is 9.66. The molecule has 0 radical (unpaired) electrons. The Labute approximate surface area is 348 Å². The lowest BCUT2D eigenvalue weighted by Gasteiger charge is -2.22. The molecule has 4 heteroatoms. The Morgan fingerprint density at radius 2 is 1.07 bits per heavy atom. The van der Waals surface area contributed by atoms with Crippen LogP contribution in [0.5, 0.6) is 0 Å². The van der Waals surface area contributed by atoms with Crippen molar-refractivity contribution in [1.29, 1.82) is 0 Å². The van der Waals surface area contributed by atoms with Crippen molar-refractivity contribution in [3.05, 3.63) is 229 Å². The highest BCUT2D eigenvalue weighted by molar-refractivity contribution is 6.28. The molecule has 1 unspecified atom stereocenters. The van der Waals surface area contributed by atoms with E-state index >= 15 is 0 Å². The summed E-state index contributed by atoms with van der Waals surface area (Å²) >= 11 is 0. The van der Waals surface area contributed by atoms with Gasteiger partial charge in [0.05, 0.1) is 22.1 Å². The van der Waals surface area contributed by atoms with Crippen LogP contribution in [0.2, 0.25) is 0 Å². The molecule has 12 rings (SSSR count). The van der Waals surface area contributed by atoms with Crippen LogP contribution in [-0.4, -0.2) is 9.13 Å². The molecule has 4 nitrogen and oxygen atoms in total. The van der Waals surface area contributed by atoms with Gasteiger partial charge in [0.15, 0.2) is 6.54 Å². The molecule has 0 aliphatic heterocycles. The van der Waals surface area contributed by atoms with Crippen LogP contribution in [0.1, 0.15) is 28.3 Å². The first-order valence-corrected chi connectivity index (χ1v) is 20.8. The average molecular weight is 769 g/mol. The molecular formula is C56H40N4. The van der Waals surface area contributed by atoms with E-state index < -0.39 is 0 Å². The molecule has 284 valence electrons. The molecule has 0 saturated heterocycles. The molecule has 0 amide bonds. The predicted molar refractivity (Wildman–Crippen MR) is 247 cm³/mol. The van der Waals surface area contributed by atoms with Crippen LogP contribution in [0.15, 0.2) is 206 Å². The summed E-state index contributed by atoms with van der Waals surface area (Å²) in [7, 11) is 0. The van der Waals surface area contributed by atoms with Crippen LogP contribution < -0.4 is 9.78 Å². The van der Waals surface area contributed by atoms with Gasteiger partial charge in [-0.3, -0.25) is 4.68 Å². The van der Waals surface area contributed by atoms with Gasteiger partial charge in [-0.2, -0.15) is 0 Å². The van der Waals surface area contributed by atoms with Gasteiger partial charge in [-0.15, -0.1) is 0 Å². The summed E-state index contributed by atoms with van der Waals surface area (Å²) in [4.78, 5) is 0. The first-order valence-electron chi connectivity index (χ1n) is 20.8. The van der Waals surface area contributed by atoms with Crippen LogP contribution >= 0.6 is 0 Å². The summed E-state index contributed by atoms with van der Waals surface area (Å²) in [6.45, 7) is 0.724. The molecule has 1 aliphatic rings. The number of fused-ring (bicyclic) bond motifs is 8. The Balaban J connectivity index is 0.979. The van der Waals surface area contributed by atoms with E-state index in [0.717, 1.165) is 30.0 Å². The molecule has 11 aromatic rings. The zero-order valence-corrected chi connectivity index (χ0v) is 33.0. The normalized spacial score (nSPS) is 13.8. The third kappa shape index (κ3) is 5.64. The number of allylic oxidation sites excluding steroid dienone is 1. The Hall–Kier alpha value is -7.69. The fourth-order valence-electron chi connectivity index (χ4n) is 9.66. The van der Waals surface area contributed by atoms with Crippen molar-refractivity contribution in [3.63, 3.8) is 0 Å². The maximum atomic E-state index is 5.29. The first kappa shape index (κ1) is 34.4. The Morgan fingerprint density at radius 3 is 1.75 bits per heavy atom. The first-order chi connectivity index (χ1) is 29.7. The van der Waals surface area contributed by atoms with E-state index in [0.29, 0.717) is 0 Å². The van der Waals surface area contributed by atoms with Crippen LogP contribution in [-0.2, 0) is 13.0 Å². The van der Waals surface area contributed by atoms with E-state index in [2.05, 4.69) is 226 Å². The minimum Gasteiger partial charge on any atom is -0.413 e. The van der Waals surface area contributed by atoms with Gasteiger partial charge in [0.25, 0.3) is 0 Å². The molecule has 3 heterocycles. The van der Waals surface area contributed by atoms with E-state index in [4.69, 9.17) is 5.10 Å². The Kier molecular flexibility index (Phi) is 8.02. The Morgan fingerprint density at radius 1 is 0.483 bits per heavy atom. The highest BCUT2D eigenvalue weighted by Gasteiger charge is 2.23. The van der Waals surface area contributed by atoms with Crippen LogP contribution in [0.4, 0.5) is 0 Å². The lowest BCUT2D eigenvalue weighted by Crippen LogP contribution is -2.40. The van der Waals surface area contributed by atoms with E-state index in [1.54, 1.807) is 0 Å². The molecule has 0 N–H and O–H groups in total. The molecule has 0 spiro atoms. The number of aromatic nitrogens is 4. The number of nitrogens with zero attached hydrogens (tertiary/aromatic N) is 4. The van der Waals surface area contributed by atoms with E-state index in [-0.39, 0.29) is 5.92 Å². The minimum absolute atomic E-state index is 0.163. The smallest absolute Gasteiger partial charge is 0.201 e. The molecule has 0 fully saturated rings. The fraction of sp³-hybridized carbons (Fsp3) is 0.0536. The minimum atomic E-state index is 0.163. The summed E-state index contributed by atoms with van der Waals surface area (Å²) < 4.78 is 7.09. The molecule has 0 saturated carbocycles. The van der Waals surface area contributed by atoms with Gasteiger partial charge in [0, 0.05) is 44.0 Å². The van der Waals surface area contributed by atoms with E-state index in [9.17, 15) is 0 Å². The summed E-state index contributed by atoms with van der Waals surface area (Å²) in [6.07, 6.45) is 5.52. The molecule has 60 heavy (non-hydrogen) atoms. The zero-order chi connectivity index (χ0) is 39.6. The lowest BCUT2D eigenvalue weighted by atomic mass is 9.87. The highest BCUT2D eigenvalue weighted by atomic mass is 15.3. The van der Waals surface area contributed by atoms with Gasteiger partial charge in [-0.1, -0.05) is 151 Å². The molecular weight excluding hydrogens is 729 g/mol. The van der Waals surface area contributed by atoms with Crippen molar-refractivity contribution in [2.24, 2.45) is 0 Å². The number of benzene rings is 8. The van der Waals surface area contributed by atoms with Crippen LogP contribution in [0.3, 0.4) is 0 Å². The summed E-state index contributed by atoms with van der Waals surface area (Å²) in [6, 6.07) is 72.6. The van der Waals surface area contributed by atoms with Gasteiger partial charge >= 0.3 is 0 Å². The van der Waals surface area contributed by atoms with Gasteiger partial charge in [0.1, 0.15) is 0 Å². The summed E-state index contributed by atoms with van der Waals surface area (Å²) in [5, 5.41) is 10.4. The van der Waals surface area contributed by atoms with Gasteiger partial charge in [-0.05, 0) is 101 Å². The number of hydrogen-bond acceptors (Lipinski definition) is 0. The maximum Gasteiger partial charge on any atom is 0.201 e. The van der Waals surface area contributed by atoms with Gasteiger partial charge in [-0.25, -0.2) is 0 Å². The van der Waals surface area contributed by atoms with Crippen molar-refractivity contribution in [2.45, 2.75) is 18.9 Å². The molecule has 3 aromatic heterocycles. The standard InChI is InChI=1S/C56H40N4/c1-4-15-38(16-5-1)37-58-54(41-19-8-3-9-20-41)36-49(57-58)43-28-27-40-29-30-46(35-44(40)33-43)60-51-26-13-11-24-48(51)56-53(60)32-31-52-55(56)47-23-10-12-25-50(47)59(52)45-22-14-21-42(34-45)39-17-6-2-7-18-39/h1-32,34-36,43H,33,37H2. The van der Waals surface area contributed by atoms with Crippen molar-refractivity contribution >= 4 is 49.7 Å². The van der Waals surface area contributed by atoms with Crippen LogP contribution in [0.25, 0.3) is 83.4 Å². The van der Waals surface area contributed by atoms with Crippen molar-refractivity contribution in [3.8, 4) is 33.8 Å². The molecule has 1 atom stereocenters. The van der Waals surface area contributed by atoms with Crippen molar-refractivity contribution in [2.75, 3.05) is 0 Å². The second kappa shape index (κ2) is 14.0. The second-order valence-electron chi connectivity index (χ2n) is 16.0. The molecule has 0 bridgehead atoms. The summed E-state index contributed by atoms with van der Waals surface area (Å²) in [5.74, 6) is 0.163. The number of para-hydroxylation sites is 2. The topological polar surface area (TPSA) is 27.8 Å². The number of rotatable bonds is 7. The van der Waals surface area contributed by atoms with Crippen LogP contribution in [0, 0.1) is 0 Å². The molecule has 8 aromatic carbocycles. The lowest BCUT2D eigenvalue weighted by molar-refractivity contribution is -0.737. The third-order valence-electron chi connectivity index (χ3n) is 12.4. The largest absolute Gasteiger partial charge is 0.413 e. The van der Waals surface area contributed by atoms with E-state index in [1.807, 2.05) is 0 Å². The predicted octanol–water partition coefficient (Wildman–Crippen LogP) is 12.9. The van der Waals surface area contributed by atoms with Gasteiger partial charge < -0.3 is 14.2 Å². The zero-order valence-electron chi connectivity index (χ0n) is 33.0. The SMILES string of the molecule is C1=CC(c2cc(-c3ccccc3)[n+](Cc3ccccc3)[n-]2)Cc2cc(-n3c4ccccc4c4c5c6ccccc6n(-c6cccc(-c7ccccc7)c6)c5ccc43)ccc21. The third-order valence-corrected chi connectivity index (χ3v) is 12.4. The summed E-state index contributed by atoms with van der Waals surface area (Å²) in [5.41, 5.74) is 16.8. The quantitative estimate of drug-likeness (QED) is 0.148. The van der Waals surface area contributed by atoms with Crippen molar-refractivity contribution < 1.29 is 4.68 Å². The maximum absolute atomic E-state index is 5.29. The van der Waals surface area contributed by atoms with Crippen molar-refractivity contribution in [1.82, 2.24) is 14.2 Å². The Bertz CT molecular complexity index is 3420. The number of hydrogen-bond donors (Lipinski definition) is 0. The second-order valence-corrected chi connectivity index (χ2v) is 16.0.